The first-order chi connectivity index (χ1) is 15.5. The van der Waals surface area contributed by atoms with Gasteiger partial charge in [0.25, 0.3) is 0 Å². The summed E-state index contributed by atoms with van der Waals surface area (Å²) in [6, 6.07) is 0. The van der Waals surface area contributed by atoms with Gasteiger partial charge in [0.15, 0.2) is 0 Å². The van der Waals surface area contributed by atoms with Gasteiger partial charge in [-0.2, -0.15) is 15.0 Å². The molecule has 4 nitrogen and oxygen atoms in total. The van der Waals surface area contributed by atoms with E-state index in [9.17, 15) is 5.11 Å². The van der Waals surface area contributed by atoms with Gasteiger partial charge in [-0.3, -0.25) is 0 Å². The SMILES string of the molecule is C=C(Cn1nccn1)[C@H]1CC[C@H]2[C@@H]3CC[C@H]4C[C@@](O)(C#CC5CC5)CC[C@@H]4[C@H]3CC[C@]12C. The van der Waals surface area contributed by atoms with E-state index in [2.05, 4.69) is 35.5 Å². The van der Waals surface area contributed by atoms with Crippen LogP contribution < -0.4 is 0 Å². The van der Waals surface area contributed by atoms with E-state index in [-0.39, 0.29) is 0 Å². The van der Waals surface area contributed by atoms with Crippen molar-refractivity contribution in [3.8, 4) is 11.8 Å². The van der Waals surface area contributed by atoms with E-state index in [4.69, 9.17) is 0 Å². The molecular weight excluding hydrogens is 394 g/mol. The number of aromatic nitrogens is 3. The molecule has 4 heteroatoms. The molecule has 5 aliphatic carbocycles. The summed E-state index contributed by atoms with van der Waals surface area (Å²) in [4.78, 5) is 1.80. The molecule has 0 radical (unpaired) electrons. The Kier molecular flexibility index (Phi) is 5.06. The standard InChI is InChI=1S/C28H39N3O/c1-19(18-31-29-15-16-30-31)25-7-8-26-24-6-5-21-17-28(32,13-9-20-3-4-20)14-11-22(21)23(24)10-12-27(25,26)2/h15-16,20-26,32H,1,3-8,10-12,14,17-18H2,2H3/t21-,22-,23+,24+,25+,26-,27+,28+/m0/s1. The molecule has 5 saturated carbocycles. The largest absolute Gasteiger partial charge is 0.378 e. The smallest absolute Gasteiger partial charge is 0.125 e. The third-order valence-electron chi connectivity index (χ3n) is 10.4. The summed E-state index contributed by atoms with van der Waals surface area (Å²) in [7, 11) is 0. The van der Waals surface area contributed by atoms with Gasteiger partial charge in [-0.05, 0) is 112 Å². The zero-order valence-corrected chi connectivity index (χ0v) is 19.7. The second-order valence-electron chi connectivity index (χ2n) is 12.1. The first-order valence-electron chi connectivity index (χ1n) is 13.2. The van der Waals surface area contributed by atoms with Crippen LogP contribution in [0.1, 0.15) is 77.6 Å². The first-order valence-corrected chi connectivity index (χ1v) is 13.2. The second-order valence-corrected chi connectivity index (χ2v) is 12.1. The van der Waals surface area contributed by atoms with Crippen molar-refractivity contribution in [2.75, 3.05) is 0 Å². The van der Waals surface area contributed by atoms with Crippen molar-refractivity contribution in [3.05, 3.63) is 24.5 Å². The fourth-order valence-corrected chi connectivity index (χ4v) is 8.74. The van der Waals surface area contributed by atoms with Gasteiger partial charge in [0.1, 0.15) is 5.60 Å². The zero-order chi connectivity index (χ0) is 21.9. The molecule has 6 rings (SSSR count). The molecule has 0 aromatic carbocycles. The van der Waals surface area contributed by atoms with Gasteiger partial charge in [-0.1, -0.05) is 30.9 Å². The lowest BCUT2D eigenvalue weighted by atomic mass is 9.48. The molecule has 172 valence electrons. The maximum atomic E-state index is 11.2. The highest BCUT2D eigenvalue weighted by atomic mass is 16.3. The highest BCUT2D eigenvalue weighted by molar-refractivity contribution is 5.21. The zero-order valence-electron chi connectivity index (χ0n) is 19.7. The third kappa shape index (κ3) is 3.56. The number of fused-ring (bicyclic) bond motifs is 5. The average molecular weight is 434 g/mol. The molecule has 5 aliphatic rings. The molecule has 0 aliphatic heterocycles. The van der Waals surface area contributed by atoms with E-state index in [0.717, 1.165) is 43.1 Å². The van der Waals surface area contributed by atoms with Gasteiger partial charge >= 0.3 is 0 Å². The van der Waals surface area contributed by atoms with E-state index in [1.165, 1.54) is 63.4 Å². The van der Waals surface area contributed by atoms with Crippen molar-refractivity contribution in [1.82, 2.24) is 15.0 Å². The molecule has 1 heterocycles. The van der Waals surface area contributed by atoms with E-state index in [1.807, 2.05) is 0 Å². The Labute approximate surface area is 193 Å². The lowest BCUT2D eigenvalue weighted by Gasteiger charge is -2.57. The molecule has 0 spiro atoms. The Balaban J connectivity index is 1.15. The molecule has 1 N–H and O–H groups in total. The Morgan fingerprint density at radius 2 is 1.78 bits per heavy atom. The lowest BCUT2D eigenvalue weighted by Crippen LogP contribution is -2.50. The predicted octanol–water partition coefficient (Wildman–Crippen LogP) is 5.25. The number of hydrogen-bond donors (Lipinski definition) is 1. The van der Waals surface area contributed by atoms with Crippen molar-refractivity contribution in [3.63, 3.8) is 0 Å². The maximum absolute atomic E-state index is 11.2. The van der Waals surface area contributed by atoms with Crippen molar-refractivity contribution in [2.24, 2.45) is 46.8 Å². The van der Waals surface area contributed by atoms with Crippen molar-refractivity contribution in [1.29, 1.82) is 0 Å². The van der Waals surface area contributed by atoms with Gasteiger partial charge in [0.2, 0.25) is 0 Å². The number of allylic oxidation sites excluding steroid dienone is 1. The Morgan fingerprint density at radius 1 is 1.00 bits per heavy atom. The third-order valence-corrected chi connectivity index (χ3v) is 10.4. The summed E-state index contributed by atoms with van der Waals surface area (Å²) in [5.41, 5.74) is 1.02. The topological polar surface area (TPSA) is 50.9 Å². The summed E-state index contributed by atoms with van der Waals surface area (Å²) >= 11 is 0. The first kappa shape index (κ1) is 21.0. The Hall–Kier alpha value is -1.60. The van der Waals surface area contributed by atoms with Crippen LogP contribution in [0.3, 0.4) is 0 Å². The van der Waals surface area contributed by atoms with Gasteiger partial charge in [-0.15, -0.1) is 0 Å². The van der Waals surface area contributed by atoms with Gasteiger partial charge in [0, 0.05) is 5.92 Å². The minimum absolute atomic E-state index is 0.392. The molecule has 0 unspecified atom stereocenters. The Bertz CT molecular complexity index is 924. The number of nitrogens with zero attached hydrogens (tertiary/aromatic N) is 3. The number of aliphatic hydroxyl groups is 1. The number of rotatable bonds is 3. The highest BCUT2D eigenvalue weighted by Crippen LogP contribution is 2.65. The molecule has 0 bridgehead atoms. The van der Waals surface area contributed by atoms with Crippen LogP contribution in [0, 0.1) is 58.7 Å². The monoisotopic (exact) mass is 433 g/mol. The molecule has 32 heavy (non-hydrogen) atoms. The van der Waals surface area contributed by atoms with E-state index in [1.54, 1.807) is 17.2 Å². The molecule has 0 amide bonds. The molecule has 8 atom stereocenters. The Morgan fingerprint density at radius 3 is 2.56 bits per heavy atom. The minimum Gasteiger partial charge on any atom is -0.378 e. The number of hydrogen-bond acceptors (Lipinski definition) is 3. The summed E-state index contributed by atoms with van der Waals surface area (Å²) in [5.74, 6) is 12.0. The van der Waals surface area contributed by atoms with Crippen LogP contribution in [0.5, 0.6) is 0 Å². The predicted molar refractivity (Wildman–Crippen MR) is 125 cm³/mol. The van der Waals surface area contributed by atoms with Crippen molar-refractivity contribution >= 4 is 0 Å². The summed E-state index contributed by atoms with van der Waals surface area (Å²) in [6.07, 6.45) is 17.0. The summed E-state index contributed by atoms with van der Waals surface area (Å²) < 4.78 is 0. The molecule has 1 aromatic rings. The lowest BCUT2D eigenvalue weighted by molar-refractivity contribution is -0.0875. The van der Waals surface area contributed by atoms with Gasteiger partial charge < -0.3 is 5.11 Å². The molecular formula is C28H39N3O. The van der Waals surface area contributed by atoms with Gasteiger partial charge in [0.05, 0.1) is 18.9 Å². The van der Waals surface area contributed by atoms with Crippen LogP contribution in [0.15, 0.2) is 24.5 Å². The molecule has 1 aromatic heterocycles. The van der Waals surface area contributed by atoms with Crippen LogP contribution in [0.4, 0.5) is 0 Å². The van der Waals surface area contributed by atoms with Crippen LogP contribution in [-0.2, 0) is 6.54 Å². The van der Waals surface area contributed by atoms with E-state index in [0.29, 0.717) is 23.2 Å². The minimum atomic E-state index is -0.698. The average Bonchev–Trinajstić information content (AvgIpc) is 3.34. The quantitative estimate of drug-likeness (QED) is 0.523. The summed E-state index contributed by atoms with van der Waals surface area (Å²) in [5, 5.41) is 19.8. The van der Waals surface area contributed by atoms with Crippen molar-refractivity contribution in [2.45, 2.75) is 89.7 Å². The van der Waals surface area contributed by atoms with Gasteiger partial charge in [-0.25, -0.2) is 0 Å². The highest BCUT2D eigenvalue weighted by Gasteiger charge is 2.58. The molecule has 0 saturated heterocycles. The van der Waals surface area contributed by atoms with E-state index >= 15 is 0 Å². The second kappa shape index (κ2) is 7.73. The van der Waals surface area contributed by atoms with Crippen LogP contribution >= 0.6 is 0 Å². The maximum Gasteiger partial charge on any atom is 0.125 e. The molecule has 5 fully saturated rings. The fourth-order valence-electron chi connectivity index (χ4n) is 8.74. The normalized spacial score (nSPS) is 45.2. The van der Waals surface area contributed by atoms with Crippen LogP contribution in [-0.4, -0.2) is 25.7 Å². The summed E-state index contributed by atoms with van der Waals surface area (Å²) in [6.45, 7) is 7.87. The van der Waals surface area contributed by atoms with E-state index < -0.39 is 5.60 Å². The van der Waals surface area contributed by atoms with Crippen LogP contribution in [0.2, 0.25) is 0 Å². The van der Waals surface area contributed by atoms with Crippen molar-refractivity contribution < 1.29 is 5.11 Å². The van der Waals surface area contributed by atoms with Crippen LogP contribution in [0.25, 0.3) is 0 Å². The fraction of sp³-hybridized carbons (Fsp3) is 0.786.